The van der Waals surface area contributed by atoms with Crippen LogP contribution in [-0.4, -0.2) is 9.78 Å². The predicted molar refractivity (Wildman–Crippen MR) is 88.9 cm³/mol. The molecule has 1 aromatic heterocycles. The maximum Gasteiger partial charge on any atom is 0.279 e. The molecule has 0 bridgehead atoms. The van der Waals surface area contributed by atoms with Gasteiger partial charge in [-0.2, -0.15) is 0 Å². The molecule has 0 saturated heterocycles. The quantitative estimate of drug-likeness (QED) is 0.762. The van der Waals surface area contributed by atoms with Gasteiger partial charge in [-0.3, -0.25) is 9.89 Å². The lowest BCUT2D eigenvalue weighted by Crippen LogP contribution is -2.33. The van der Waals surface area contributed by atoms with Gasteiger partial charge in [0.1, 0.15) is 0 Å². The molecule has 4 heteroatoms. The zero-order chi connectivity index (χ0) is 14.8. The Morgan fingerprint density at radius 2 is 1.86 bits per heavy atom. The summed E-state index contributed by atoms with van der Waals surface area (Å²) in [4.78, 5) is 12.5. The molecule has 0 aliphatic heterocycles. The van der Waals surface area contributed by atoms with Gasteiger partial charge in [0.25, 0.3) is 5.56 Å². The maximum absolute atomic E-state index is 12.5. The fourth-order valence-corrected chi connectivity index (χ4v) is 2.58. The van der Waals surface area contributed by atoms with Crippen LogP contribution in [0.2, 0.25) is 0 Å². The van der Waals surface area contributed by atoms with Crippen molar-refractivity contribution in [3.63, 3.8) is 0 Å². The number of aromatic amines is 1. The van der Waals surface area contributed by atoms with E-state index in [0.717, 1.165) is 15.7 Å². The Morgan fingerprint density at radius 1 is 1.10 bits per heavy atom. The van der Waals surface area contributed by atoms with Gasteiger partial charge >= 0.3 is 0 Å². The van der Waals surface area contributed by atoms with Crippen molar-refractivity contribution in [1.82, 2.24) is 9.78 Å². The van der Waals surface area contributed by atoms with Crippen LogP contribution in [0, 0.1) is 0 Å². The summed E-state index contributed by atoms with van der Waals surface area (Å²) >= 11 is 3.43. The minimum Gasteiger partial charge on any atom is -0.291 e. The lowest BCUT2D eigenvalue weighted by Gasteiger charge is -1.98. The van der Waals surface area contributed by atoms with Crippen LogP contribution >= 0.6 is 15.9 Å². The van der Waals surface area contributed by atoms with Gasteiger partial charge in [-0.15, -0.1) is 0 Å². The second-order valence-corrected chi connectivity index (χ2v) is 5.60. The van der Waals surface area contributed by atoms with Gasteiger partial charge in [-0.25, -0.2) is 4.68 Å². The molecule has 1 N–H and O–H groups in total. The normalized spacial score (nSPS) is 11.8. The zero-order valence-corrected chi connectivity index (χ0v) is 12.8. The number of rotatable bonds is 2. The summed E-state index contributed by atoms with van der Waals surface area (Å²) in [7, 11) is 0. The number of aromatic nitrogens is 2. The van der Waals surface area contributed by atoms with Crippen LogP contribution in [0.3, 0.4) is 0 Å². The highest BCUT2D eigenvalue weighted by atomic mass is 79.9. The highest BCUT2D eigenvalue weighted by Crippen LogP contribution is 2.11. The number of halogens is 1. The van der Waals surface area contributed by atoms with Crippen molar-refractivity contribution in [3.05, 3.63) is 85.6 Å². The molecule has 104 valence electrons. The van der Waals surface area contributed by atoms with Crippen molar-refractivity contribution < 1.29 is 0 Å². The third kappa shape index (κ3) is 2.76. The molecule has 1 heterocycles. The number of hydrogen-bond donors (Lipinski definition) is 1. The monoisotopic (exact) mass is 340 g/mol. The Morgan fingerprint density at radius 3 is 2.57 bits per heavy atom. The van der Waals surface area contributed by atoms with E-state index < -0.39 is 0 Å². The second-order valence-electron chi connectivity index (χ2n) is 4.68. The molecule has 0 unspecified atom stereocenters. The van der Waals surface area contributed by atoms with E-state index in [1.54, 1.807) is 0 Å². The lowest BCUT2D eigenvalue weighted by molar-refractivity contribution is 0.838. The summed E-state index contributed by atoms with van der Waals surface area (Å²) in [6.45, 7) is 3.93. The molecule has 0 atom stereocenters. The molecule has 3 rings (SSSR count). The number of benzene rings is 2. The van der Waals surface area contributed by atoms with Crippen LogP contribution in [-0.2, 0) is 0 Å². The van der Waals surface area contributed by atoms with Crippen molar-refractivity contribution in [1.29, 1.82) is 0 Å². The van der Waals surface area contributed by atoms with E-state index in [-0.39, 0.29) is 5.56 Å². The van der Waals surface area contributed by atoms with Gasteiger partial charge in [0.2, 0.25) is 0 Å². The minimum atomic E-state index is -0.105. The van der Waals surface area contributed by atoms with E-state index in [1.807, 2.05) is 60.7 Å². The van der Waals surface area contributed by atoms with Gasteiger partial charge in [0, 0.05) is 4.47 Å². The average Bonchev–Trinajstić information content (AvgIpc) is 2.76. The van der Waals surface area contributed by atoms with Crippen LogP contribution in [0.1, 0.15) is 5.56 Å². The number of nitrogens with one attached hydrogen (secondary N) is 1. The van der Waals surface area contributed by atoms with Gasteiger partial charge in [-0.1, -0.05) is 52.8 Å². The molecule has 3 nitrogen and oxygen atoms in total. The third-order valence-electron chi connectivity index (χ3n) is 3.18. The van der Waals surface area contributed by atoms with Crippen molar-refractivity contribution >= 4 is 28.6 Å². The smallest absolute Gasteiger partial charge is 0.279 e. The van der Waals surface area contributed by atoms with E-state index in [2.05, 4.69) is 27.6 Å². The molecule has 0 fully saturated rings. The first-order chi connectivity index (χ1) is 10.1. The van der Waals surface area contributed by atoms with E-state index >= 15 is 0 Å². The van der Waals surface area contributed by atoms with Crippen LogP contribution in [0.4, 0.5) is 0 Å². The number of H-pyrrole nitrogens is 1. The molecule has 0 spiro atoms. The summed E-state index contributed by atoms with van der Waals surface area (Å²) in [6.07, 6.45) is 1.84. The van der Waals surface area contributed by atoms with Crippen molar-refractivity contribution in [2.75, 3.05) is 0 Å². The van der Waals surface area contributed by atoms with Crippen molar-refractivity contribution in [3.8, 4) is 5.69 Å². The summed E-state index contributed by atoms with van der Waals surface area (Å²) in [5.74, 6) is 0. The highest BCUT2D eigenvalue weighted by molar-refractivity contribution is 9.10. The van der Waals surface area contributed by atoms with Crippen LogP contribution in [0.15, 0.2) is 63.9 Å². The molecule has 0 radical (unpaired) electrons. The SMILES string of the molecule is C=c1[nH]n(-c2ccccc2)c(=O)c1=Cc1cccc(Br)c1. The summed E-state index contributed by atoms with van der Waals surface area (Å²) in [5, 5.41) is 4.18. The molecule has 0 aliphatic carbocycles. The second kappa shape index (κ2) is 5.58. The Hall–Kier alpha value is -2.33. The fourth-order valence-electron chi connectivity index (χ4n) is 2.17. The van der Waals surface area contributed by atoms with Crippen molar-refractivity contribution in [2.45, 2.75) is 0 Å². The van der Waals surface area contributed by atoms with E-state index in [1.165, 1.54) is 4.68 Å². The standard InChI is InChI=1S/C17H13BrN2O/c1-12-16(11-13-6-5-7-14(18)10-13)17(21)20(19-12)15-8-3-2-4-9-15/h2-11,19H,1H2. The summed E-state index contributed by atoms with van der Waals surface area (Å²) in [5.41, 5.74) is 1.64. The Bertz CT molecular complexity index is 939. The summed E-state index contributed by atoms with van der Waals surface area (Å²) in [6, 6.07) is 17.2. The van der Waals surface area contributed by atoms with Crippen LogP contribution < -0.4 is 16.1 Å². The molecule has 0 aliphatic rings. The summed E-state index contributed by atoms with van der Waals surface area (Å²) < 4.78 is 2.48. The predicted octanol–water partition coefficient (Wildman–Crippen LogP) is 2.17. The fraction of sp³-hybridized carbons (Fsp3) is 0. The number of nitrogens with zero attached hydrogens (tertiary/aromatic N) is 1. The van der Waals surface area contributed by atoms with E-state index in [4.69, 9.17) is 0 Å². The molecule has 2 aromatic carbocycles. The largest absolute Gasteiger partial charge is 0.291 e. The van der Waals surface area contributed by atoms with Gasteiger partial charge in [0.15, 0.2) is 0 Å². The average molecular weight is 341 g/mol. The molecule has 0 saturated carbocycles. The van der Waals surface area contributed by atoms with E-state index in [0.29, 0.717) is 10.6 Å². The molecule has 3 aromatic rings. The Labute approximate surface area is 130 Å². The number of hydrogen-bond acceptors (Lipinski definition) is 1. The molecule has 0 amide bonds. The van der Waals surface area contributed by atoms with Crippen LogP contribution in [0.5, 0.6) is 0 Å². The van der Waals surface area contributed by atoms with Gasteiger partial charge in [-0.05, 0) is 35.9 Å². The van der Waals surface area contributed by atoms with Gasteiger partial charge in [0.05, 0.1) is 16.3 Å². The first kappa shape index (κ1) is 13.6. The zero-order valence-electron chi connectivity index (χ0n) is 11.2. The minimum absolute atomic E-state index is 0.105. The molecule has 21 heavy (non-hydrogen) atoms. The molecular formula is C17H13BrN2O. The molecular weight excluding hydrogens is 328 g/mol. The lowest BCUT2D eigenvalue weighted by atomic mass is 10.2. The third-order valence-corrected chi connectivity index (χ3v) is 3.67. The Balaban J connectivity index is 2.20. The van der Waals surface area contributed by atoms with Crippen molar-refractivity contribution in [2.24, 2.45) is 0 Å². The Kier molecular flexibility index (Phi) is 3.62. The number of para-hydroxylation sites is 1. The van der Waals surface area contributed by atoms with Gasteiger partial charge < -0.3 is 0 Å². The van der Waals surface area contributed by atoms with E-state index in [9.17, 15) is 4.79 Å². The topological polar surface area (TPSA) is 37.8 Å². The highest BCUT2D eigenvalue weighted by Gasteiger charge is 2.04. The first-order valence-corrected chi connectivity index (χ1v) is 7.27. The maximum atomic E-state index is 12.5. The van der Waals surface area contributed by atoms with Crippen LogP contribution in [0.25, 0.3) is 18.3 Å². The first-order valence-electron chi connectivity index (χ1n) is 6.48.